The van der Waals surface area contributed by atoms with Gasteiger partial charge in [0.05, 0.1) is 46.5 Å². The molecule has 0 bridgehead atoms. The molecule has 5 rings (SSSR count). The molecule has 4 aromatic carbocycles. The smallest absolute Gasteiger partial charge is 0.138 e. The minimum atomic E-state index is -0.741. The maximum atomic E-state index is 15.0. The lowest BCUT2D eigenvalue weighted by Gasteiger charge is -2.12. The van der Waals surface area contributed by atoms with E-state index in [1.165, 1.54) is 48.5 Å². The lowest BCUT2D eigenvalue weighted by molar-refractivity contribution is 0.630. The average molecular weight is 516 g/mol. The van der Waals surface area contributed by atoms with E-state index >= 15 is 8.78 Å². The van der Waals surface area contributed by atoms with E-state index in [-0.39, 0.29) is 55.7 Å². The molecular weight excluding hydrogens is 506 g/mol. The van der Waals surface area contributed by atoms with Crippen LogP contribution in [0.1, 0.15) is 33.4 Å². The highest BCUT2D eigenvalue weighted by Crippen LogP contribution is 2.50. The molecule has 40 heavy (non-hydrogen) atoms. The fraction of sp³-hybridized carbons (Fsp3) is 0. The van der Waals surface area contributed by atoms with Gasteiger partial charge in [-0.25, -0.2) is 8.78 Å². The molecule has 182 valence electrons. The van der Waals surface area contributed by atoms with Gasteiger partial charge in [0.1, 0.15) is 29.3 Å². The van der Waals surface area contributed by atoms with Crippen LogP contribution in [0.2, 0.25) is 0 Å². The van der Waals surface area contributed by atoms with E-state index in [1.54, 1.807) is 0 Å². The van der Waals surface area contributed by atoms with Crippen LogP contribution < -0.4 is 0 Å². The molecule has 0 fully saturated rings. The first kappa shape index (κ1) is 25.1. The predicted molar refractivity (Wildman–Crippen MR) is 139 cm³/mol. The summed E-state index contributed by atoms with van der Waals surface area (Å²) in [6, 6.07) is 25.2. The van der Waals surface area contributed by atoms with Gasteiger partial charge >= 0.3 is 0 Å². The van der Waals surface area contributed by atoms with Gasteiger partial charge in [-0.1, -0.05) is 12.1 Å². The van der Waals surface area contributed by atoms with Crippen LogP contribution in [0.4, 0.5) is 8.78 Å². The summed E-state index contributed by atoms with van der Waals surface area (Å²) in [6.45, 7) is 0. The molecule has 1 aliphatic carbocycles. The van der Waals surface area contributed by atoms with E-state index in [0.717, 1.165) is 12.1 Å². The van der Waals surface area contributed by atoms with E-state index in [2.05, 4.69) is 0 Å². The molecule has 0 atom stereocenters. The number of nitriles is 6. The Morgan fingerprint density at radius 3 is 1.23 bits per heavy atom. The molecule has 0 aliphatic heterocycles. The number of nitrogens with zero attached hydrogens (tertiary/aromatic N) is 6. The van der Waals surface area contributed by atoms with Crippen LogP contribution in [0, 0.1) is 79.6 Å². The normalized spacial score (nSPS) is 10.6. The molecule has 0 spiro atoms. The molecule has 8 heteroatoms. The molecule has 6 nitrogen and oxygen atoms in total. The van der Waals surface area contributed by atoms with Crippen LogP contribution in [0.25, 0.3) is 39.0 Å². The highest BCUT2D eigenvalue weighted by atomic mass is 19.1. The van der Waals surface area contributed by atoms with Crippen molar-refractivity contribution in [3.63, 3.8) is 0 Å². The Kier molecular flexibility index (Phi) is 6.09. The third kappa shape index (κ3) is 3.64. The third-order valence-corrected chi connectivity index (χ3v) is 6.67. The first-order valence-corrected chi connectivity index (χ1v) is 11.5. The number of fused-ring (bicyclic) bond motifs is 3. The maximum Gasteiger partial charge on any atom is 0.138 e. The topological polar surface area (TPSA) is 143 Å². The van der Waals surface area contributed by atoms with Crippen molar-refractivity contribution in [3.05, 3.63) is 111 Å². The molecule has 0 N–H and O–H groups in total. The number of halogens is 2. The van der Waals surface area contributed by atoms with Crippen molar-refractivity contribution in [1.82, 2.24) is 0 Å². The zero-order valence-corrected chi connectivity index (χ0v) is 20.2. The van der Waals surface area contributed by atoms with E-state index in [9.17, 15) is 31.6 Å². The summed E-state index contributed by atoms with van der Waals surface area (Å²) in [6.07, 6.45) is 0. The van der Waals surface area contributed by atoms with Crippen LogP contribution in [0.5, 0.6) is 0 Å². The highest BCUT2D eigenvalue weighted by Gasteiger charge is 2.31. The quantitative estimate of drug-likeness (QED) is 0.241. The second-order valence-electron chi connectivity index (χ2n) is 8.63. The van der Waals surface area contributed by atoms with Gasteiger partial charge in [-0.3, -0.25) is 0 Å². The second-order valence-corrected chi connectivity index (χ2v) is 8.63. The Labute approximate surface area is 227 Å². The van der Waals surface area contributed by atoms with Crippen LogP contribution in [-0.4, -0.2) is 0 Å². The number of hydrogen-bond acceptors (Lipinski definition) is 6. The van der Waals surface area contributed by atoms with Gasteiger partial charge in [-0.05, 0) is 70.8 Å². The molecule has 1 aliphatic rings. The van der Waals surface area contributed by atoms with Crippen molar-refractivity contribution in [2.24, 2.45) is 0 Å². The summed E-state index contributed by atoms with van der Waals surface area (Å²) in [4.78, 5) is 0. The van der Waals surface area contributed by atoms with Crippen LogP contribution >= 0.6 is 0 Å². The Morgan fingerprint density at radius 2 is 0.875 bits per heavy atom. The van der Waals surface area contributed by atoms with E-state index in [4.69, 9.17) is 0 Å². The maximum absolute atomic E-state index is 15.0. The van der Waals surface area contributed by atoms with Crippen molar-refractivity contribution >= 4 is 5.57 Å². The molecule has 0 unspecified atom stereocenters. The SMILES string of the molecule is N#CC(C#N)=C1c2cc(-c3c(F)cccc3C#N)c(C#N)cc2-c2cc(C#N)c(-c3c(F)cccc3C#N)cc21. The molecule has 0 amide bonds. The van der Waals surface area contributed by atoms with Crippen molar-refractivity contribution < 1.29 is 8.78 Å². The standard InChI is InChI=1S/C32H10F2N6/c33-28-5-1-3-17(11-35)31(28)22-9-26-24(7-19(22)13-37)25-8-20(14-38)23(10-27(25)30(26)21(15-39)16-40)32-18(12-36)4-2-6-29(32)34/h1-10H. The summed E-state index contributed by atoms with van der Waals surface area (Å²) in [7, 11) is 0. The molecule has 0 aromatic heterocycles. The van der Waals surface area contributed by atoms with Gasteiger partial charge in [0, 0.05) is 27.8 Å². The fourth-order valence-electron chi connectivity index (χ4n) is 4.99. The Bertz CT molecular complexity index is 1950. The molecule has 4 aromatic rings. The van der Waals surface area contributed by atoms with Crippen molar-refractivity contribution in [3.8, 4) is 69.8 Å². The van der Waals surface area contributed by atoms with Gasteiger partial charge in [0.15, 0.2) is 0 Å². The lowest BCUT2D eigenvalue weighted by Crippen LogP contribution is -1.96. The number of hydrogen-bond donors (Lipinski definition) is 0. The van der Waals surface area contributed by atoms with Gasteiger partial charge in [0.25, 0.3) is 0 Å². The van der Waals surface area contributed by atoms with Gasteiger partial charge in [-0.15, -0.1) is 0 Å². The minimum absolute atomic E-state index is 0.0177. The summed E-state index contributed by atoms with van der Waals surface area (Å²) < 4.78 is 30.0. The van der Waals surface area contributed by atoms with Crippen LogP contribution in [0.3, 0.4) is 0 Å². The van der Waals surface area contributed by atoms with Gasteiger partial charge in [-0.2, -0.15) is 31.6 Å². The monoisotopic (exact) mass is 516 g/mol. The fourth-order valence-corrected chi connectivity index (χ4v) is 4.99. The van der Waals surface area contributed by atoms with Gasteiger partial charge in [0.2, 0.25) is 0 Å². The second kappa shape index (κ2) is 9.71. The number of allylic oxidation sites excluding steroid dienone is 1. The van der Waals surface area contributed by atoms with Gasteiger partial charge < -0.3 is 0 Å². The molecule has 0 saturated carbocycles. The number of benzene rings is 4. The number of rotatable bonds is 2. The Balaban J connectivity index is 1.92. The molecular formula is C32H10F2N6. The first-order valence-electron chi connectivity index (χ1n) is 11.5. The Morgan fingerprint density at radius 1 is 0.475 bits per heavy atom. The zero-order chi connectivity index (χ0) is 28.6. The largest absolute Gasteiger partial charge is 0.206 e. The average Bonchev–Trinajstić information content (AvgIpc) is 3.28. The lowest BCUT2D eigenvalue weighted by atomic mass is 9.90. The molecule has 0 radical (unpaired) electrons. The van der Waals surface area contributed by atoms with Crippen molar-refractivity contribution in [1.29, 1.82) is 31.6 Å². The highest BCUT2D eigenvalue weighted by molar-refractivity contribution is 6.07. The van der Waals surface area contributed by atoms with E-state index < -0.39 is 11.6 Å². The minimum Gasteiger partial charge on any atom is -0.206 e. The van der Waals surface area contributed by atoms with Crippen LogP contribution in [-0.2, 0) is 0 Å². The zero-order valence-electron chi connectivity index (χ0n) is 20.2. The summed E-state index contributed by atoms with van der Waals surface area (Å²) in [5.74, 6) is -1.48. The summed E-state index contributed by atoms with van der Waals surface area (Å²) in [5.41, 5.74) is 1.14. The van der Waals surface area contributed by atoms with E-state index in [1.807, 2.05) is 36.4 Å². The van der Waals surface area contributed by atoms with Crippen molar-refractivity contribution in [2.75, 3.05) is 0 Å². The first-order chi connectivity index (χ1) is 19.4. The van der Waals surface area contributed by atoms with E-state index in [0.29, 0.717) is 22.3 Å². The van der Waals surface area contributed by atoms with Crippen molar-refractivity contribution in [2.45, 2.75) is 0 Å². The predicted octanol–water partition coefficient (Wildman–Crippen LogP) is 6.61. The molecule has 0 saturated heterocycles. The third-order valence-electron chi connectivity index (χ3n) is 6.67. The van der Waals surface area contributed by atoms with Crippen LogP contribution in [0.15, 0.2) is 66.2 Å². The Hall–Kier alpha value is -6.58. The molecule has 0 heterocycles. The summed E-state index contributed by atoms with van der Waals surface area (Å²) in [5, 5.41) is 58.8. The summed E-state index contributed by atoms with van der Waals surface area (Å²) >= 11 is 0.